The Morgan fingerprint density at radius 3 is 2.57 bits per heavy atom. The molecule has 0 saturated carbocycles. The Hall–Kier alpha value is -1.11. The van der Waals surface area contributed by atoms with Gasteiger partial charge in [0.1, 0.15) is 0 Å². The van der Waals surface area contributed by atoms with Gasteiger partial charge in [-0.1, -0.05) is 23.7 Å². The third-order valence-corrected chi connectivity index (χ3v) is 5.08. The molecule has 1 N–H and O–H groups in total. The summed E-state index contributed by atoms with van der Waals surface area (Å²) < 4.78 is 24.2. The highest BCUT2D eigenvalue weighted by Crippen LogP contribution is 2.22. The second kappa shape index (κ2) is 8.36. The maximum absolute atomic E-state index is 12.1. The Morgan fingerprint density at radius 1 is 1.29 bits per heavy atom. The molecular weight excluding hydrogens is 312 g/mol. The van der Waals surface area contributed by atoms with Crippen LogP contribution in [0.1, 0.15) is 12.8 Å². The van der Waals surface area contributed by atoms with Gasteiger partial charge >= 0.3 is 0 Å². The minimum absolute atomic E-state index is 0.0600. The first kappa shape index (κ1) is 17.9. The van der Waals surface area contributed by atoms with Crippen LogP contribution in [0.5, 0.6) is 0 Å². The van der Waals surface area contributed by atoms with E-state index in [0.29, 0.717) is 6.54 Å². The van der Waals surface area contributed by atoms with Crippen LogP contribution in [-0.4, -0.2) is 52.2 Å². The number of nitrogens with zero attached hydrogens (tertiary/aromatic N) is 1. The summed E-state index contributed by atoms with van der Waals surface area (Å²) in [6, 6.07) is 6.25. The molecule has 0 spiro atoms. The predicted octanol–water partition coefficient (Wildman–Crippen LogP) is 1.57. The van der Waals surface area contributed by atoms with Crippen molar-refractivity contribution in [2.24, 2.45) is 0 Å². The summed E-state index contributed by atoms with van der Waals surface area (Å²) in [7, 11) is 0.382. The molecule has 0 aliphatic rings. The molecule has 1 amide bonds. The molecule has 5 nitrogen and oxygen atoms in total. The Kier molecular flexibility index (Phi) is 7.14. The van der Waals surface area contributed by atoms with Gasteiger partial charge in [0.25, 0.3) is 0 Å². The summed E-state index contributed by atoms with van der Waals surface area (Å²) in [5, 5.41) is 2.90. The molecule has 118 valence electrons. The van der Waals surface area contributed by atoms with Crippen LogP contribution in [0.4, 0.5) is 0 Å². The number of sulfone groups is 1. The molecule has 1 aromatic rings. The van der Waals surface area contributed by atoms with E-state index in [1.165, 1.54) is 12.1 Å². The van der Waals surface area contributed by atoms with Crippen molar-refractivity contribution in [3.63, 3.8) is 0 Å². The fourth-order valence-electron chi connectivity index (χ4n) is 1.75. The van der Waals surface area contributed by atoms with Crippen molar-refractivity contribution in [3.05, 3.63) is 29.3 Å². The molecule has 21 heavy (non-hydrogen) atoms. The molecule has 0 heterocycles. The van der Waals surface area contributed by atoms with Crippen molar-refractivity contribution in [1.82, 2.24) is 10.2 Å². The molecule has 0 bridgehead atoms. The number of carbonyl (C=O) groups is 1. The third kappa shape index (κ3) is 6.46. The summed E-state index contributed by atoms with van der Waals surface area (Å²) in [5.74, 6) is -0.500. The van der Waals surface area contributed by atoms with Crippen LogP contribution in [0, 0.1) is 0 Å². The second-order valence-electron chi connectivity index (χ2n) is 5.01. The van der Waals surface area contributed by atoms with Gasteiger partial charge in [-0.15, -0.1) is 0 Å². The lowest BCUT2D eigenvalue weighted by Gasteiger charge is -2.10. The minimum atomic E-state index is -3.53. The van der Waals surface area contributed by atoms with Crippen molar-refractivity contribution in [2.75, 3.05) is 32.9 Å². The van der Waals surface area contributed by atoms with Gasteiger partial charge in [0, 0.05) is 13.0 Å². The average molecular weight is 333 g/mol. The van der Waals surface area contributed by atoms with Crippen molar-refractivity contribution in [3.8, 4) is 0 Å². The van der Waals surface area contributed by atoms with Gasteiger partial charge in [-0.25, -0.2) is 8.42 Å². The van der Waals surface area contributed by atoms with E-state index in [9.17, 15) is 13.2 Å². The molecule has 7 heteroatoms. The van der Waals surface area contributed by atoms with E-state index in [0.717, 1.165) is 13.0 Å². The quantitative estimate of drug-likeness (QED) is 0.734. The van der Waals surface area contributed by atoms with Gasteiger partial charge in [0.15, 0.2) is 9.84 Å². The zero-order valence-corrected chi connectivity index (χ0v) is 13.9. The SMILES string of the molecule is CN(C)CCCNC(=O)CCS(=O)(=O)c1ccccc1Cl. The Labute approximate surface area is 131 Å². The first-order chi connectivity index (χ1) is 9.83. The highest BCUT2D eigenvalue weighted by atomic mass is 35.5. The van der Waals surface area contributed by atoms with E-state index in [-0.39, 0.29) is 28.0 Å². The number of hydrogen-bond acceptors (Lipinski definition) is 4. The van der Waals surface area contributed by atoms with Gasteiger partial charge in [0.05, 0.1) is 15.7 Å². The summed E-state index contributed by atoms with van der Waals surface area (Å²) in [6.45, 7) is 1.42. The van der Waals surface area contributed by atoms with E-state index in [4.69, 9.17) is 11.6 Å². The highest BCUT2D eigenvalue weighted by Gasteiger charge is 2.18. The Balaban J connectivity index is 2.44. The van der Waals surface area contributed by atoms with Crippen LogP contribution in [0.2, 0.25) is 5.02 Å². The lowest BCUT2D eigenvalue weighted by Crippen LogP contribution is -2.28. The van der Waals surface area contributed by atoms with E-state index >= 15 is 0 Å². The molecule has 0 atom stereocenters. The van der Waals surface area contributed by atoms with Crippen LogP contribution in [0.3, 0.4) is 0 Å². The highest BCUT2D eigenvalue weighted by molar-refractivity contribution is 7.91. The molecule has 0 radical (unpaired) electrons. The largest absolute Gasteiger partial charge is 0.356 e. The third-order valence-electron chi connectivity index (χ3n) is 2.87. The zero-order chi connectivity index (χ0) is 15.9. The molecule has 1 rings (SSSR count). The van der Waals surface area contributed by atoms with Gasteiger partial charge < -0.3 is 10.2 Å². The maximum Gasteiger partial charge on any atom is 0.221 e. The number of rotatable bonds is 8. The monoisotopic (exact) mass is 332 g/mol. The number of halogens is 1. The van der Waals surface area contributed by atoms with E-state index < -0.39 is 9.84 Å². The number of carbonyl (C=O) groups excluding carboxylic acids is 1. The summed E-state index contributed by atoms with van der Waals surface area (Å²) >= 11 is 5.87. The summed E-state index contributed by atoms with van der Waals surface area (Å²) in [4.78, 5) is 13.7. The normalized spacial score (nSPS) is 11.6. The fourth-order valence-corrected chi connectivity index (χ4v) is 3.56. The number of benzene rings is 1. The van der Waals surface area contributed by atoms with Gasteiger partial charge in [-0.05, 0) is 39.2 Å². The van der Waals surface area contributed by atoms with E-state index in [2.05, 4.69) is 5.32 Å². The fraction of sp³-hybridized carbons (Fsp3) is 0.500. The second-order valence-corrected chi connectivity index (χ2v) is 7.49. The molecule has 1 aromatic carbocycles. The van der Waals surface area contributed by atoms with Gasteiger partial charge in [-0.3, -0.25) is 4.79 Å². The van der Waals surface area contributed by atoms with Crippen LogP contribution in [0.25, 0.3) is 0 Å². The molecule has 0 saturated heterocycles. The van der Waals surface area contributed by atoms with Crippen LogP contribution >= 0.6 is 11.6 Å². The predicted molar refractivity (Wildman–Crippen MR) is 84.3 cm³/mol. The lowest BCUT2D eigenvalue weighted by molar-refractivity contribution is -0.120. The zero-order valence-electron chi connectivity index (χ0n) is 12.3. The number of hydrogen-bond donors (Lipinski definition) is 1. The molecule has 0 fully saturated rings. The average Bonchev–Trinajstić information content (AvgIpc) is 2.41. The number of nitrogens with one attached hydrogen (secondary N) is 1. The maximum atomic E-state index is 12.1. The summed E-state index contributed by atoms with van der Waals surface area (Å²) in [6.07, 6.45) is 0.769. The first-order valence-corrected chi connectivity index (χ1v) is 8.74. The Bertz CT molecular complexity index is 573. The van der Waals surface area contributed by atoms with Crippen LogP contribution < -0.4 is 5.32 Å². The summed E-state index contributed by atoms with van der Waals surface area (Å²) in [5.41, 5.74) is 0. The molecular formula is C14H21ClN2O3S. The van der Waals surface area contributed by atoms with Crippen molar-refractivity contribution < 1.29 is 13.2 Å². The standard InChI is InChI=1S/C14H21ClN2O3S/c1-17(2)10-5-9-16-14(18)8-11-21(19,20)13-7-4-3-6-12(13)15/h3-4,6-7H,5,8-11H2,1-2H3,(H,16,18). The molecule has 0 aliphatic carbocycles. The minimum Gasteiger partial charge on any atom is -0.356 e. The van der Waals surface area contributed by atoms with Gasteiger partial charge in [-0.2, -0.15) is 0 Å². The molecule has 0 aromatic heterocycles. The smallest absolute Gasteiger partial charge is 0.221 e. The van der Waals surface area contributed by atoms with Crippen LogP contribution in [0.15, 0.2) is 29.2 Å². The van der Waals surface area contributed by atoms with Crippen LogP contribution in [-0.2, 0) is 14.6 Å². The van der Waals surface area contributed by atoms with E-state index in [1.807, 2.05) is 19.0 Å². The number of amides is 1. The molecule has 0 aliphatic heterocycles. The Morgan fingerprint density at radius 2 is 1.95 bits per heavy atom. The lowest BCUT2D eigenvalue weighted by atomic mass is 10.4. The van der Waals surface area contributed by atoms with Gasteiger partial charge in [0.2, 0.25) is 5.91 Å². The van der Waals surface area contributed by atoms with Crippen molar-refractivity contribution in [2.45, 2.75) is 17.7 Å². The first-order valence-electron chi connectivity index (χ1n) is 6.71. The van der Waals surface area contributed by atoms with E-state index in [1.54, 1.807) is 12.1 Å². The molecule has 0 unspecified atom stereocenters. The van der Waals surface area contributed by atoms with Crippen molar-refractivity contribution in [1.29, 1.82) is 0 Å². The topological polar surface area (TPSA) is 66.5 Å². The van der Waals surface area contributed by atoms with Crippen molar-refractivity contribution >= 4 is 27.3 Å².